The number of hydrogen-bond acceptors (Lipinski definition) is 5. The molecule has 0 fully saturated rings. The molecule has 316 valence electrons. The predicted octanol–water partition coefficient (Wildman–Crippen LogP) is 11.2. The Balaban J connectivity index is 0.000000173. The van der Waals surface area contributed by atoms with Crippen LogP contribution < -0.4 is 21.7 Å². The molecule has 0 bridgehead atoms. The highest BCUT2D eigenvalue weighted by molar-refractivity contribution is 5.86. The summed E-state index contributed by atoms with van der Waals surface area (Å²) in [6.45, 7) is 0. The molecular formula is C48H44F6N4O3. The molecule has 8 rings (SSSR count). The summed E-state index contributed by atoms with van der Waals surface area (Å²) in [4.78, 5) is 24.5. The molecule has 6 aromatic carbocycles. The van der Waals surface area contributed by atoms with Crippen molar-refractivity contribution in [3.63, 3.8) is 0 Å². The summed E-state index contributed by atoms with van der Waals surface area (Å²) in [5, 5.41) is 18.2. The van der Waals surface area contributed by atoms with Crippen molar-refractivity contribution in [1.29, 1.82) is 0 Å². The van der Waals surface area contributed by atoms with Gasteiger partial charge in [-0.15, -0.1) is 0 Å². The van der Waals surface area contributed by atoms with Gasteiger partial charge in [-0.1, -0.05) is 109 Å². The first-order chi connectivity index (χ1) is 29.2. The normalized spacial score (nSPS) is 16.2. The van der Waals surface area contributed by atoms with Crippen molar-refractivity contribution in [2.45, 2.75) is 62.2 Å². The van der Waals surface area contributed by atoms with Crippen LogP contribution in [0.4, 0.5) is 37.7 Å². The third kappa shape index (κ3) is 11.8. The Morgan fingerprint density at radius 2 is 0.951 bits per heavy atom. The maximum atomic E-state index is 13.2. The lowest BCUT2D eigenvalue weighted by atomic mass is 10.0. The summed E-state index contributed by atoms with van der Waals surface area (Å²) in [7, 11) is 0. The number of hydrogen-bond donors (Lipinski definition) is 5. The average Bonchev–Trinajstić information content (AvgIpc) is 3.85. The van der Waals surface area contributed by atoms with Gasteiger partial charge in [-0.25, -0.2) is 4.79 Å². The number of aryl methyl sites for hydroxylation is 2. The van der Waals surface area contributed by atoms with E-state index in [0.29, 0.717) is 23.0 Å². The van der Waals surface area contributed by atoms with Gasteiger partial charge in [-0.2, -0.15) is 26.3 Å². The van der Waals surface area contributed by atoms with Crippen LogP contribution in [-0.4, -0.2) is 17.0 Å². The van der Waals surface area contributed by atoms with Gasteiger partial charge in [-0.3, -0.25) is 4.79 Å². The Kier molecular flexibility index (Phi) is 14.2. The van der Waals surface area contributed by atoms with E-state index < -0.39 is 41.5 Å². The molecule has 0 heterocycles. The number of rotatable bonds is 9. The minimum absolute atomic E-state index is 0.108. The smallest absolute Gasteiger partial charge is 0.416 e. The van der Waals surface area contributed by atoms with E-state index in [2.05, 4.69) is 46.3 Å². The quantitative estimate of drug-likeness (QED) is 0.0926. The summed E-state index contributed by atoms with van der Waals surface area (Å²) in [5.41, 5.74) is 11.4. The van der Waals surface area contributed by atoms with E-state index in [9.17, 15) is 41.0 Å². The van der Waals surface area contributed by atoms with E-state index in [1.807, 2.05) is 48.5 Å². The number of anilines is 2. The number of carbonyl (C=O) groups is 2. The largest absolute Gasteiger partial charge is 0.479 e. The molecule has 7 nitrogen and oxygen atoms in total. The molecule has 0 aromatic heterocycles. The van der Waals surface area contributed by atoms with Gasteiger partial charge in [0.25, 0.3) is 0 Å². The molecule has 2 aliphatic rings. The molecule has 2 aliphatic carbocycles. The summed E-state index contributed by atoms with van der Waals surface area (Å²) < 4.78 is 76.3. The van der Waals surface area contributed by atoms with E-state index in [4.69, 9.17) is 5.73 Å². The molecule has 6 N–H and O–H groups in total. The monoisotopic (exact) mass is 838 g/mol. The lowest BCUT2D eigenvalue weighted by molar-refractivity contribution is -0.138. The van der Waals surface area contributed by atoms with Crippen molar-refractivity contribution in [1.82, 2.24) is 5.32 Å². The molecule has 0 aliphatic heterocycles. The molecule has 0 spiro atoms. The SMILES string of the molecule is N[C@H]1CCc2ccccc21.O=C(N[C@H]1CCc2ccccc21)C(Nc1ccccc1)c1ccc(C(F)(F)F)cc1.O=C(O)C(Nc1ccccc1)c1ccc(C(F)(F)F)cc1. The Labute approximate surface area is 349 Å². The number of benzene rings is 6. The van der Waals surface area contributed by atoms with Crippen molar-refractivity contribution < 1.29 is 41.0 Å². The number of carboxylic acids is 1. The van der Waals surface area contributed by atoms with Crippen LogP contribution in [0.2, 0.25) is 0 Å². The van der Waals surface area contributed by atoms with Crippen LogP contribution in [0.5, 0.6) is 0 Å². The topological polar surface area (TPSA) is 116 Å². The molecule has 1 amide bonds. The highest BCUT2D eigenvalue weighted by atomic mass is 19.4. The zero-order valence-electron chi connectivity index (χ0n) is 32.8. The second-order valence-corrected chi connectivity index (χ2v) is 14.6. The second kappa shape index (κ2) is 19.6. The highest BCUT2D eigenvalue weighted by Crippen LogP contribution is 2.34. The van der Waals surface area contributed by atoms with Crippen LogP contribution in [-0.2, 0) is 34.8 Å². The molecule has 6 aromatic rings. The van der Waals surface area contributed by atoms with Crippen molar-refractivity contribution in [2.75, 3.05) is 10.6 Å². The minimum atomic E-state index is -4.44. The van der Waals surface area contributed by atoms with Gasteiger partial charge in [0.15, 0.2) is 6.04 Å². The van der Waals surface area contributed by atoms with Crippen LogP contribution in [0, 0.1) is 0 Å². The lowest BCUT2D eigenvalue weighted by Crippen LogP contribution is -2.35. The number of fused-ring (bicyclic) bond motifs is 2. The van der Waals surface area contributed by atoms with Crippen LogP contribution >= 0.6 is 0 Å². The first-order valence-corrected chi connectivity index (χ1v) is 19.6. The Hall–Kier alpha value is -6.60. The number of para-hydroxylation sites is 2. The summed E-state index contributed by atoms with van der Waals surface area (Å²) in [6, 6.07) is 41.2. The Morgan fingerprint density at radius 1 is 0.541 bits per heavy atom. The number of halogens is 6. The van der Waals surface area contributed by atoms with E-state index in [-0.39, 0.29) is 17.5 Å². The number of carbonyl (C=O) groups excluding carboxylic acids is 1. The fourth-order valence-electron chi connectivity index (χ4n) is 7.27. The molecule has 0 radical (unpaired) electrons. The molecule has 0 saturated carbocycles. The number of carboxylic acid groups (broad SMARTS) is 1. The molecule has 4 atom stereocenters. The molecule has 61 heavy (non-hydrogen) atoms. The number of nitrogens with two attached hydrogens (primary N) is 1. The molecular weight excluding hydrogens is 795 g/mol. The molecule has 2 unspecified atom stereocenters. The lowest BCUT2D eigenvalue weighted by Gasteiger charge is -2.23. The number of alkyl halides is 6. The predicted molar refractivity (Wildman–Crippen MR) is 223 cm³/mol. The number of nitrogens with one attached hydrogen (secondary N) is 3. The van der Waals surface area contributed by atoms with Crippen molar-refractivity contribution >= 4 is 23.3 Å². The Bertz CT molecular complexity index is 2360. The first kappa shape index (κ1) is 44.0. The van der Waals surface area contributed by atoms with Gasteiger partial charge in [0.2, 0.25) is 5.91 Å². The number of aliphatic carboxylic acids is 1. The van der Waals surface area contributed by atoms with Gasteiger partial charge in [0.1, 0.15) is 6.04 Å². The van der Waals surface area contributed by atoms with E-state index in [1.54, 1.807) is 30.3 Å². The second-order valence-electron chi connectivity index (χ2n) is 14.6. The van der Waals surface area contributed by atoms with Crippen LogP contribution in [0.1, 0.15) is 81.5 Å². The average molecular weight is 839 g/mol. The van der Waals surface area contributed by atoms with Gasteiger partial charge < -0.3 is 26.8 Å². The number of amides is 1. The summed E-state index contributed by atoms with van der Waals surface area (Å²) >= 11 is 0. The summed E-state index contributed by atoms with van der Waals surface area (Å²) in [6.07, 6.45) is -4.88. The highest BCUT2D eigenvalue weighted by Gasteiger charge is 2.33. The first-order valence-electron chi connectivity index (χ1n) is 19.6. The fourth-order valence-corrected chi connectivity index (χ4v) is 7.27. The standard InChI is InChI=1S/C24H21F3N2O.C15H12F3NO2.C9H11N/c25-24(26,27)18-13-10-17(11-14-18)22(28-19-7-2-1-3-8-19)23(30)29-21-15-12-16-6-4-5-9-20(16)21;16-15(17,18)11-8-6-10(7-9-11)13(14(20)21)19-12-4-2-1-3-5-12;10-9-6-5-7-3-1-2-4-8(7)9/h1-11,13-14,21-22,28H,12,15H2,(H,29,30);1-9,13,19H,(H,20,21);1-4,9H,5-6,10H2/t21-,22?;;9-/m0.0/s1. The third-order valence-electron chi connectivity index (χ3n) is 10.5. The van der Waals surface area contributed by atoms with Gasteiger partial charge in [0.05, 0.1) is 17.2 Å². The van der Waals surface area contributed by atoms with E-state index in [0.717, 1.165) is 67.6 Å². The zero-order valence-corrected chi connectivity index (χ0v) is 32.8. The van der Waals surface area contributed by atoms with Crippen LogP contribution in [0.25, 0.3) is 0 Å². The van der Waals surface area contributed by atoms with E-state index >= 15 is 0 Å². The fraction of sp³-hybridized carbons (Fsp3) is 0.208. The van der Waals surface area contributed by atoms with E-state index in [1.165, 1.54) is 28.8 Å². The maximum absolute atomic E-state index is 13.2. The van der Waals surface area contributed by atoms with Crippen LogP contribution in [0.15, 0.2) is 158 Å². The Morgan fingerprint density at radius 3 is 1.43 bits per heavy atom. The van der Waals surface area contributed by atoms with Crippen molar-refractivity contribution in [2.24, 2.45) is 5.73 Å². The molecule has 0 saturated heterocycles. The maximum Gasteiger partial charge on any atom is 0.416 e. The van der Waals surface area contributed by atoms with Gasteiger partial charge in [0, 0.05) is 17.4 Å². The third-order valence-corrected chi connectivity index (χ3v) is 10.5. The summed E-state index contributed by atoms with van der Waals surface area (Å²) in [5.74, 6) is -1.45. The van der Waals surface area contributed by atoms with Crippen molar-refractivity contribution in [3.8, 4) is 0 Å². The van der Waals surface area contributed by atoms with Crippen LogP contribution in [0.3, 0.4) is 0 Å². The zero-order chi connectivity index (χ0) is 43.6. The molecule has 13 heteroatoms. The minimum Gasteiger partial charge on any atom is -0.479 e. The van der Waals surface area contributed by atoms with Gasteiger partial charge >= 0.3 is 18.3 Å². The van der Waals surface area contributed by atoms with Crippen molar-refractivity contribution in [3.05, 3.63) is 202 Å². The van der Waals surface area contributed by atoms with Gasteiger partial charge in [-0.05, 0) is 108 Å².